The highest BCUT2D eigenvalue weighted by Gasteiger charge is 2.27. The van der Waals surface area contributed by atoms with E-state index in [1.54, 1.807) is 25.2 Å². The molecule has 0 aliphatic heterocycles. The van der Waals surface area contributed by atoms with Gasteiger partial charge in [0, 0.05) is 37.7 Å². The number of rotatable bonds is 10. The summed E-state index contributed by atoms with van der Waals surface area (Å²) >= 11 is 0. The molecule has 8 nitrogen and oxygen atoms in total. The Morgan fingerprint density at radius 2 is 1.61 bits per heavy atom. The first-order valence-electron chi connectivity index (χ1n) is 12.5. The maximum atomic E-state index is 13.8. The third-order valence-corrected chi connectivity index (χ3v) is 6.64. The first-order valence-corrected chi connectivity index (χ1v) is 12.5. The minimum absolute atomic E-state index is 0.0200. The topological polar surface area (TPSA) is 104 Å². The summed E-state index contributed by atoms with van der Waals surface area (Å²) < 4.78 is 13.8. The molecular weight excluding hydrogens is 457 g/mol. The number of aromatic nitrogens is 3. The van der Waals surface area contributed by atoms with Crippen LogP contribution in [0.1, 0.15) is 49.7 Å². The van der Waals surface area contributed by atoms with E-state index in [2.05, 4.69) is 55.3 Å². The van der Waals surface area contributed by atoms with Gasteiger partial charge in [0.25, 0.3) is 0 Å². The summed E-state index contributed by atoms with van der Waals surface area (Å²) in [7, 11) is 1.78. The number of amides is 1. The molecule has 190 valence electrons. The van der Waals surface area contributed by atoms with Gasteiger partial charge in [-0.25, -0.2) is 4.39 Å². The summed E-state index contributed by atoms with van der Waals surface area (Å²) in [5, 5.41) is 12.6. The van der Waals surface area contributed by atoms with Crippen LogP contribution in [0, 0.1) is 11.7 Å². The zero-order valence-corrected chi connectivity index (χ0v) is 20.8. The third kappa shape index (κ3) is 6.90. The second-order valence-corrected chi connectivity index (χ2v) is 9.25. The molecule has 1 aromatic heterocycles. The molecule has 3 aromatic rings. The smallest absolute Gasteiger partial charge is 0.229 e. The minimum atomic E-state index is -0.299. The standard InChI is InChI=1S/C27H34FN7O/c1-18(19-8-4-3-5-9-19)16-31-26-33-25(29-2)34-27(35-26)32-22-14-12-20(13-15-22)24(36)30-17-21-10-6-7-11-23(21)28/h3-11,18,20,22H,12-17H2,1-2H3,(H,30,36)(H3,29,31,32,33,34,35). The molecule has 2 aromatic carbocycles. The number of hydrogen-bond donors (Lipinski definition) is 4. The molecule has 1 unspecified atom stereocenters. The van der Waals surface area contributed by atoms with Crippen molar-refractivity contribution < 1.29 is 9.18 Å². The van der Waals surface area contributed by atoms with E-state index in [0.29, 0.717) is 35.9 Å². The van der Waals surface area contributed by atoms with Crippen molar-refractivity contribution in [2.75, 3.05) is 29.5 Å². The minimum Gasteiger partial charge on any atom is -0.357 e. The Morgan fingerprint density at radius 3 is 2.33 bits per heavy atom. The summed E-state index contributed by atoms with van der Waals surface area (Å²) in [6.45, 7) is 3.07. The number of carbonyl (C=O) groups is 1. The van der Waals surface area contributed by atoms with Crippen molar-refractivity contribution in [3.8, 4) is 0 Å². The van der Waals surface area contributed by atoms with Gasteiger partial charge in [-0.3, -0.25) is 4.79 Å². The quantitative estimate of drug-likeness (QED) is 0.330. The second kappa shape index (κ2) is 12.3. The van der Waals surface area contributed by atoms with Gasteiger partial charge < -0.3 is 21.3 Å². The van der Waals surface area contributed by atoms with Gasteiger partial charge in [-0.2, -0.15) is 15.0 Å². The van der Waals surface area contributed by atoms with E-state index in [-0.39, 0.29) is 30.2 Å². The zero-order chi connectivity index (χ0) is 25.3. The molecule has 1 heterocycles. The first-order chi connectivity index (χ1) is 17.5. The molecule has 4 rings (SSSR count). The van der Waals surface area contributed by atoms with Gasteiger partial charge in [-0.05, 0) is 43.2 Å². The van der Waals surface area contributed by atoms with Crippen molar-refractivity contribution in [1.29, 1.82) is 0 Å². The Kier molecular flexibility index (Phi) is 8.65. The monoisotopic (exact) mass is 491 g/mol. The largest absolute Gasteiger partial charge is 0.357 e. The summed E-state index contributed by atoms with van der Waals surface area (Å²) in [6.07, 6.45) is 3.16. The van der Waals surface area contributed by atoms with Crippen LogP contribution in [0.5, 0.6) is 0 Å². The van der Waals surface area contributed by atoms with Crippen LogP contribution in [-0.4, -0.2) is 40.5 Å². The van der Waals surface area contributed by atoms with Crippen molar-refractivity contribution >= 4 is 23.8 Å². The summed E-state index contributed by atoms with van der Waals surface area (Å²) in [6, 6.07) is 17.0. The second-order valence-electron chi connectivity index (χ2n) is 9.25. The van der Waals surface area contributed by atoms with Crippen molar-refractivity contribution in [1.82, 2.24) is 20.3 Å². The van der Waals surface area contributed by atoms with E-state index in [4.69, 9.17) is 0 Å². The van der Waals surface area contributed by atoms with Crippen LogP contribution in [0.4, 0.5) is 22.2 Å². The van der Waals surface area contributed by atoms with Gasteiger partial charge in [0.05, 0.1) is 0 Å². The van der Waals surface area contributed by atoms with E-state index in [0.717, 1.165) is 25.7 Å². The van der Waals surface area contributed by atoms with Gasteiger partial charge in [0.2, 0.25) is 23.8 Å². The molecule has 0 spiro atoms. The number of carbonyl (C=O) groups excluding carboxylic acids is 1. The molecule has 36 heavy (non-hydrogen) atoms. The Bertz CT molecular complexity index is 1140. The van der Waals surface area contributed by atoms with Crippen LogP contribution in [0.15, 0.2) is 54.6 Å². The summed E-state index contributed by atoms with van der Waals surface area (Å²) in [5.74, 6) is 1.43. The summed E-state index contributed by atoms with van der Waals surface area (Å²) in [5.41, 5.74) is 1.75. The van der Waals surface area contributed by atoms with Crippen LogP contribution in [0.2, 0.25) is 0 Å². The number of halogens is 1. The van der Waals surface area contributed by atoms with Gasteiger partial charge in [0.1, 0.15) is 5.82 Å². The summed E-state index contributed by atoms with van der Waals surface area (Å²) in [4.78, 5) is 26.1. The molecule has 4 N–H and O–H groups in total. The molecule has 1 atom stereocenters. The van der Waals surface area contributed by atoms with Crippen LogP contribution in [0.3, 0.4) is 0 Å². The number of hydrogen-bond acceptors (Lipinski definition) is 7. The van der Waals surface area contributed by atoms with Gasteiger partial charge in [0.15, 0.2) is 0 Å². The lowest BCUT2D eigenvalue weighted by atomic mass is 9.85. The fourth-order valence-electron chi connectivity index (χ4n) is 4.43. The fourth-order valence-corrected chi connectivity index (χ4v) is 4.43. The third-order valence-electron chi connectivity index (χ3n) is 6.64. The Labute approximate surface area is 211 Å². The lowest BCUT2D eigenvalue weighted by Gasteiger charge is -2.28. The Morgan fingerprint density at radius 1 is 0.944 bits per heavy atom. The molecule has 1 aliphatic carbocycles. The predicted molar refractivity (Wildman–Crippen MR) is 140 cm³/mol. The van der Waals surface area contributed by atoms with Crippen LogP contribution < -0.4 is 21.3 Å². The normalized spacial score (nSPS) is 18.2. The van der Waals surface area contributed by atoms with E-state index in [1.807, 2.05) is 18.2 Å². The number of benzene rings is 2. The molecule has 1 fully saturated rings. The highest BCUT2D eigenvalue weighted by molar-refractivity contribution is 5.78. The Hall–Kier alpha value is -3.75. The Balaban J connectivity index is 1.28. The van der Waals surface area contributed by atoms with E-state index in [1.165, 1.54) is 11.6 Å². The maximum absolute atomic E-state index is 13.8. The lowest BCUT2D eigenvalue weighted by molar-refractivity contribution is -0.126. The number of anilines is 3. The molecule has 1 saturated carbocycles. The van der Waals surface area contributed by atoms with Crippen molar-refractivity contribution in [2.24, 2.45) is 5.92 Å². The zero-order valence-electron chi connectivity index (χ0n) is 20.8. The van der Waals surface area contributed by atoms with E-state index in [9.17, 15) is 9.18 Å². The molecule has 1 aliphatic rings. The van der Waals surface area contributed by atoms with Crippen LogP contribution >= 0.6 is 0 Å². The molecule has 1 amide bonds. The van der Waals surface area contributed by atoms with Crippen molar-refractivity contribution in [2.45, 2.75) is 51.1 Å². The first kappa shape index (κ1) is 25.3. The van der Waals surface area contributed by atoms with Crippen LogP contribution in [0.25, 0.3) is 0 Å². The van der Waals surface area contributed by atoms with Gasteiger partial charge in [-0.15, -0.1) is 0 Å². The molecular formula is C27H34FN7O. The fraction of sp³-hybridized carbons (Fsp3) is 0.407. The number of nitrogens with zero attached hydrogens (tertiary/aromatic N) is 3. The van der Waals surface area contributed by atoms with Crippen molar-refractivity contribution in [3.63, 3.8) is 0 Å². The predicted octanol–water partition coefficient (Wildman–Crippen LogP) is 4.56. The highest BCUT2D eigenvalue weighted by Crippen LogP contribution is 2.27. The van der Waals surface area contributed by atoms with Gasteiger partial charge >= 0.3 is 0 Å². The molecule has 0 radical (unpaired) electrons. The van der Waals surface area contributed by atoms with Gasteiger partial charge in [-0.1, -0.05) is 55.5 Å². The average molecular weight is 492 g/mol. The SMILES string of the molecule is CNc1nc(NCC(C)c2ccccc2)nc(NC2CCC(C(=O)NCc3ccccc3F)CC2)n1. The van der Waals surface area contributed by atoms with E-state index >= 15 is 0 Å². The molecule has 0 bridgehead atoms. The molecule has 0 saturated heterocycles. The van der Waals surface area contributed by atoms with Crippen molar-refractivity contribution in [3.05, 3.63) is 71.5 Å². The average Bonchev–Trinajstić information content (AvgIpc) is 2.92. The molecule has 9 heteroatoms. The number of nitrogens with one attached hydrogen (secondary N) is 4. The van der Waals surface area contributed by atoms with E-state index < -0.39 is 0 Å². The highest BCUT2D eigenvalue weighted by atomic mass is 19.1. The van der Waals surface area contributed by atoms with Crippen LogP contribution in [-0.2, 0) is 11.3 Å². The maximum Gasteiger partial charge on any atom is 0.229 e. The lowest BCUT2D eigenvalue weighted by Crippen LogP contribution is -2.36.